The van der Waals surface area contributed by atoms with E-state index in [1.54, 1.807) is 18.4 Å². The largest absolute Gasteiger partial charge is 0.477 e. The molecular formula is C24H28N4O3. The summed E-state index contributed by atoms with van der Waals surface area (Å²) in [5.41, 5.74) is 7.90. The first-order valence-corrected chi connectivity index (χ1v) is 10.2. The van der Waals surface area contributed by atoms with Crippen LogP contribution in [0.15, 0.2) is 48.5 Å². The first kappa shape index (κ1) is 22.2. The highest BCUT2D eigenvalue weighted by Crippen LogP contribution is 2.27. The highest BCUT2D eigenvalue weighted by Gasteiger charge is 2.31. The monoisotopic (exact) mass is 420 g/mol. The van der Waals surface area contributed by atoms with Crippen molar-refractivity contribution in [1.82, 2.24) is 9.55 Å². The molecule has 0 saturated carbocycles. The van der Waals surface area contributed by atoms with Crippen LogP contribution in [-0.4, -0.2) is 31.6 Å². The Bertz CT molecular complexity index is 1110. The molecule has 0 unspecified atom stereocenters. The molecule has 3 aromatic rings. The summed E-state index contributed by atoms with van der Waals surface area (Å²) in [4.78, 5) is 16.5. The van der Waals surface area contributed by atoms with E-state index in [9.17, 15) is 15.0 Å². The Morgan fingerprint density at radius 1 is 1.16 bits per heavy atom. The number of amidine groups is 1. The molecule has 0 aliphatic rings. The van der Waals surface area contributed by atoms with Crippen molar-refractivity contribution in [2.24, 2.45) is 5.73 Å². The van der Waals surface area contributed by atoms with E-state index in [2.05, 4.69) is 4.98 Å². The number of aromatic nitrogens is 2. The molecule has 0 aliphatic carbocycles. The third-order valence-electron chi connectivity index (χ3n) is 5.13. The maximum atomic E-state index is 12.0. The number of aryl methyl sites for hydroxylation is 1. The summed E-state index contributed by atoms with van der Waals surface area (Å²) in [6, 6.07) is 15.2. The van der Waals surface area contributed by atoms with Crippen LogP contribution in [0, 0.1) is 5.41 Å². The molecule has 5 N–H and O–H groups in total. The second-order valence-electron chi connectivity index (χ2n) is 8.08. The van der Waals surface area contributed by atoms with Gasteiger partial charge in [0.25, 0.3) is 0 Å². The van der Waals surface area contributed by atoms with Crippen LogP contribution in [0.1, 0.15) is 60.3 Å². The lowest BCUT2D eigenvalue weighted by Gasteiger charge is -2.16. The van der Waals surface area contributed by atoms with Crippen LogP contribution in [-0.2, 0) is 18.6 Å². The third kappa shape index (κ3) is 4.67. The number of nitrogen functional groups attached to an aromatic ring is 1. The van der Waals surface area contributed by atoms with E-state index in [1.807, 2.05) is 55.5 Å². The fourth-order valence-electron chi connectivity index (χ4n) is 3.67. The molecule has 2 aromatic carbocycles. The molecule has 1 heterocycles. The molecule has 0 amide bonds. The van der Waals surface area contributed by atoms with Crippen molar-refractivity contribution in [3.05, 3.63) is 76.9 Å². The van der Waals surface area contributed by atoms with Crippen molar-refractivity contribution in [3.63, 3.8) is 0 Å². The number of imidazole rings is 1. The highest BCUT2D eigenvalue weighted by atomic mass is 16.4. The summed E-state index contributed by atoms with van der Waals surface area (Å²) in [6.45, 7) is 5.42. The molecular weight excluding hydrogens is 392 g/mol. The standard InChI is InChI=1S/C24H28N4O3/c1-4-7-19-27-21(24(2,3)31)20(23(29)30)28(19)14-15-10-12-16(13-11-15)17-8-5-6-9-18(17)22(25)26/h5-6,8-13,31H,4,7,14H2,1-3H3,(H3,25,26)(H,29,30). The zero-order valence-electron chi connectivity index (χ0n) is 18.0. The second kappa shape index (κ2) is 8.73. The molecule has 0 radical (unpaired) electrons. The van der Waals surface area contributed by atoms with Gasteiger partial charge in [0, 0.05) is 18.5 Å². The number of nitrogens with one attached hydrogen (secondary N) is 1. The van der Waals surface area contributed by atoms with Gasteiger partial charge in [-0.25, -0.2) is 9.78 Å². The van der Waals surface area contributed by atoms with Gasteiger partial charge < -0.3 is 20.5 Å². The zero-order valence-corrected chi connectivity index (χ0v) is 18.0. The molecule has 0 bridgehead atoms. The molecule has 0 atom stereocenters. The minimum Gasteiger partial charge on any atom is -0.477 e. The van der Waals surface area contributed by atoms with Crippen molar-refractivity contribution in [2.75, 3.05) is 0 Å². The SMILES string of the molecule is CCCc1nc(C(C)(C)O)c(C(=O)O)n1Cc1ccc(-c2ccccc2C(=N)N)cc1. The number of carboxylic acid groups (broad SMARTS) is 1. The van der Waals surface area contributed by atoms with Crippen LogP contribution in [0.25, 0.3) is 11.1 Å². The quantitative estimate of drug-likeness (QED) is 0.326. The number of carboxylic acids is 1. The molecule has 0 fully saturated rings. The molecule has 0 aliphatic heterocycles. The third-order valence-corrected chi connectivity index (χ3v) is 5.13. The van der Waals surface area contributed by atoms with Gasteiger partial charge in [-0.15, -0.1) is 0 Å². The lowest BCUT2D eigenvalue weighted by molar-refractivity contribution is 0.0602. The second-order valence-corrected chi connectivity index (χ2v) is 8.08. The van der Waals surface area contributed by atoms with Gasteiger partial charge in [-0.05, 0) is 37.0 Å². The first-order valence-electron chi connectivity index (χ1n) is 10.2. The van der Waals surface area contributed by atoms with Gasteiger partial charge in [-0.2, -0.15) is 0 Å². The van der Waals surface area contributed by atoms with Crippen molar-refractivity contribution < 1.29 is 15.0 Å². The van der Waals surface area contributed by atoms with Gasteiger partial charge in [0.2, 0.25) is 0 Å². The van der Waals surface area contributed by atoms with Crippen LogP contribution >= 0.6 is 0 Å². The smallest absolute Gasteiger partial charge is 0.354 e. The summed E-state index contributed by atoms with van der Waals surface area (Å²) < 4.78 is 1.68. The first-order chi connectivity index (χ1) is 14.6. The summed E-state index contributed by atoms with van der Waals surface area (Å²) in [5.74, 6) is -0.463. The average molecular weight is 421 g/mol. The van der Waals surface area contributed by atoms with Crippen LogP contribution < -0.4 is 5.73 Å². The minimum atomic E-state index is -1.36. The van der Waals surface area contributed by atoms with Crippen LogP contribution in [0.3, 0.4) is 0 Å². The number of nitrogens with two attached hydrogens (primary N) is 1. The number of carbonyl (C=O) groups is 1. The van der Waals surface area contributed by atoms with E-state index in [-0.39, 0.29) is 17.2 Å². The topological polar surface area (TPSA) is 125 Å². The summed E-state index contributed by atoms with van der Waals surface area (Å²) in [5, 5.41) is 28.1. The van der Waals surface area contributed by atoms with E-state index < -0.39 is 11.6 Å². The zero-order chi connectivity index (χ0) is 22.8. The molecule has 3 rings (SSSR count). The van der Waals surface area contributed by atoms with E-state index in [1.165, 1.54) is 0 Å². The minimum absolute atomic E-state index is 0.00699. The predicted octanol–water partition coefficient (Wildman–Crippen LogP) is 3.76. The average Bonchev–Trinajstić information content (AvgIpc) is 3.07. The Labute approximate surface area is 181 Å². The Morgan fingerprint density at radius 2 is 1.81 bits per heavy atom. The summed E-state index contributed by atoms with van der Waals surface area (Å²) in [6.07, 6.45) is 1.42. The van der Waals surface area contributed by atoms with Crippen molar-refractivity contribution in [1.29, 1.82) is 5.41 Å². The number of hydrogen-bond donors (Lipinski definition) is 4. The number of aromatic carboxylic acids is 1. The number of hydrogen-bond acceptors (Lipinski definition) is 4. The van der Waals surface area contributed by atoms with E-state index in [0.717, 1.165) is 23.1 Å². The van der Waals surface area contributed by atoms with Crippen molar-refractivity contribution in [3.8, 4) is 11.1 Å². The summed E-state index contributed by atoms with van der Waals surface area (Å²) >= 11 is 0. The van der Waals surface area contributed by atoms with Gasteiger partial charge in [-0.3, -0.25) is 5.41 Å². The maximum absolute atomic E-state index is 12.0. The van der Waals surface area contributed by atoms with Gasteiger partial charge in [0.15, 0.2) is 5.69 Å². The molecule has 0 saturated heterocycles. The highest BCUT2D eigenvalue weighted by molar-refractivity contribution is 6.01. The number of rotatable bonds is 8. The van der Waals surface area contributed by atoms with Crippen LogP contribution in [0.2, 0.25) is 0 Å². The van der Waals surface area contributed by atoms with Gasteiger partial charge in [-0.1, -0.05) is 55.5 Å². The van der Waals surface area contributed by atoms with Gasteiger partial charge in [0.05, 0.1) is 0 Å². The molecule has 162 valence electrons. The van der Waals surface area contributed by atoms with Gasteiger partial charge in [0.1, 0.15) is 23.0 Å². The fraction of sp³-hybridized carbons (Fsp3) is 0.292. The van der Waals surface area contributed by atoms with Crippen molar-refractivity contribution >= 4 is 11.8 Å². The number of nitrogens with zero attached hydrogens (tertiary/aromatic N) is 2. The Balaban J connectivity index is 2.01. The number of benzene rings is 2. The van der Waals surface area contributed by atoms with Crippen LogP contribution in [0.5, 0.6) is 0 Å². The Kier molecular flexibility index (Phi) is 6.27. The molecule has 7 nitrogen and oxygen atoms in total. The number of aliphatic hydroxyl groups is 1. The lowest BCUT2D eigenvalue weighted by atomic mass is 9.98. The predicted molar refractivity (Wildman–Crippen MR) is 120 cm³/mol. The van der Waals surface area contributed by atoms with E-state index >= 15 is 0 Å². The molecule has 31 heavy (non-hydrogen) atoms. The normalized spacial score (nSPS) is 11.5. The van der Waals surface area contributed by atoms with Crippen LogP contribution in [0.4, 0.5) is 0 Å². The van der Waals surface area contributed by atoms with Crippen molar-refractivity contribution in [2.45, 2.75) is 45.8 Å². The molecule has 7 heteroatoms. The Morgan fingerprint density at radius 3 is 2.35 bits per heavy atom. The molecule has 1 aromatic heterocycles. The van der Waals surface area contributed by atoms with Gasteiger partial charge >= 0.3 is 5.97 Å². The maximum Gasteiger partial charge on any atom is 0.354 e. The van der Waals surface area contributed by atoms with E-state index in [4.69, 9.17) is 11.1 Å². The Hall–Kier alpha value is -3.45. The molecule has 0 spiro atoms. The van der Waals surface area contributed by atoms with E-state index in [0.29, 0.717) is 24.4 Å². The fourth-order valence-corrected chi connectivity index (χ4v) is 3.67. The lowest BCUT2D eigenvalue weighted by Crippen LogP contribution is -2.22. The summed E-state index contributed by atoms with van der Waals surface area (Å²) in [7, 11) is 0.